The van der Waals surface area contributed by atoms with Gasteiger partial charge in [0.1, 0.15) is 0 Å². The summed E-state index contributed by atoms with van der Waals surface area (Å²) in [6.45, 7) is 4.16. The molecule has 3 atom stereocenters. The molecule has 0 amide bonds. The molecule has 1 saturated carbocycles. The Bertz CT molecular complexity index is 494. The minimum absolute atomic E-state index is 0.517. The van der Waals surface area contributed by atoms with Crippen LogP contribution in [-0.2, 0) is 0 Å². The van der Waals surface area contributed by atoms with E-state index in [9.17, 15) is 10.4 Å². The second-order valence-electron chi connectivity index (χ2n) is 5.54. The van der Waals surface area contributed by atoms with E-state index in [0.29, 0.717) is 5.92 Å². The van der Waals surface area contributed by atoms with E-state index < -0.39 is 11.5 Å². The molecule has 0 bridgehead atoms. The maximum atomic E-state index is 10.6. The fraction of sp³-hybridized carbons (Fsp3) is 0.533. The predicted molar refractivity (Wildman–Crippen MR) is 74.9 cm³/mol. The zero-order valence-corrected chi connectivity index (χ0v) is 12.4. The second-order valence-corrected chi connectivity index (χ2v) is 6.40. The number of nitriles is 1. The van der Waals surface area contributed by atoms with Crippen molar-refractivity contribution in [2.45, 2.75) is 39.2 Å². The lowest BCUT2D eigenvalue weighted by Gasteiger charge is -2.28. The summed E-state index contributed by atoms with van der Waals surface area (Å²) in [5.74, 6) is 0.517. The molecule has 3 heteroatoms. The Morgan fingerprint density at radius 2 is 2.28 bits per heavy atom. The van der Waals surface area contributed by atoms with Crippen LogP contribution in [0.3, 0.4) is 0 Å². The fourth-order valence-electron chi connectivity index (χ4n) is 2.89. The minimum atomic E-state index is -0.706. The molecule has 1 aliphatic rings. The smallest absolute Gasteiger partial charge is 0.0987 e. The van der Waals surface area contributed by atoms with Gasteiger partial charge in [0.05, 0.1) is 17.6 Å². The summed E-state index contributed by atoms with van der Waals surface area (Å²) in [7, 11) is 0. The molecule has 0 radical (unpaired) electrons. The van der Waals surface area contributed by atoms with Gasteiger partial charge >= 0.3 is 0 Å². The lowest BCUT2D eigenvalue weighted by Crippen LogP contribution is -2.24. The van der Waals surface area contributed by atoms with Crippen LogP contribution in [0, 0.1) is 29.6 Å². The van der Waals surface area contributed by atoms with E-state index in [4.69, 9.17) is 0 Å². The summed E-state index contributed by atoms with van der Waals surface area (Å²) in [4.78, 5) is 0. The Labute approximate surface area is 117 Å². The molecular weight excluding hydrogens is 290 g/mol. The zero-order chi connectivity index (χ0) is 13.3. The summed E-state index contributed by atoms with van der Waals surface area (Å²) < 4.78 is 0.893. The van der Waals surface area contributed by atoms with Crippen LogP contribution in [0.1, 0.15) is 43.4 Å². The van der Waals surface area contributed by atoms with Crippen molar-refractivity contribution in [1.29, 1.82) is 5.26 Å². The number of hydrogen-bond donors (Lipinski definition) is 1. The summed E-state index contributed by atoms with van der Waals surface area (Å²) in [6, 6.07) is 8.27. The number of benzene rings is 1. The standard InChI is InChI=1S/C15H18BrNO/c1-10-3-4-12(13(16)7-10)14(18)15(9-17)6-5-11(2)8-15/h3-4,7,11,14,18H,5-6,8H2,1-2H3. The number of nitrogens with zero attached hydrogens (tertiary/aromatic N) is 1. The summed E-state index contributed by atoms with van der Waals surface area (Å²) in [5.41, 5.74) is 1.36. The van der Waals surface area contributed by atoms with Crippen LogP contribution in [0.2, 0.25) is 0 Å². The molecule has 1 aromatic carbocycles. The molecule has 1 fully saturated rings. The number of aliphatic hydroxyl groups is 1. The van der Waals surface area contributed by atoms with Crippen molar-refractivity contribution in [2.24, 2.45) is 11.3 Å². The van der Waals surface area contributed by atoms with Crippen molar-refractivity contribution >= 4 is 15.9 Å². The van der Waals surface area contributed by atoms with Gasteiger partial charge in [-0.3, -0.25) is 0 Å². The van der Waals surface area contributed by atoms with Crippen molar-refractivity contribution in [3.05, 3.63) is 33.8 Å². The first-order valence-electron chi connectivity index (χ1n) is 6.34. The van der Waals surface area contributed by atoms with Crippen LogP contribution < -0.4 is 0 Å². The van der Waals surface area contributed by atoms with Crippen LogP contribution in [-0.4, -0.2) is 5.11 Å². The van der Waals surface area contributed by atoms with E-state index >= 15 is 0 Å². The Morgan fingerprint density at radius 1 is 1.56 bits per heavy atom. The highest BCUT2D eigenvalue weighted by molar-refractivity contribution is 9.10. The number of rotatable bonds is 2. The van der Waals surface area contributed by atoms with Crippen LogP contribution in [0.4, 0.5) is 0 Å². The van der Waals surface area contributed by atoms with Gasteiger partial charge in [0, 0.05) is 4.47 Å². The van der Waals surface area contributed by atoms with Crippen LogP contribution in [0.15, 0.2) is 22.7 Å². The number of aliphatic hydroxyl groups excluding tert-OH is 1. The number of hydrogen-bond acceptors (Lipinski definition) is 2. The van der Waals surface area contributed by atoms with Crippen molar-refractivity contribution in [2.75, 3.05) is 0 Å². The molecule has 2 nitrogen and oxygen atoms in total. The van der Waals surface area contributed by atoms with Gasteiger partial charge < -0.3 is 5.11 Å². The van der Waals surface area contributed by atoms with Gasteiger partial charge in [-0.2, -0.15) is 5.26 Å². The van der Waals surface area contributed by atoms with E-state index in [1.165, 1.54) is 0 Å². The number of aryl methyl sites for hydroxylation is 1. The monoisotopic (exact) mass is 307 g/mol. The highest BCUT2D eigenvalue weighted by Gasteiger charge is 2.44. The van der Waals surface area contributed by atoms with Crippen molar-refractivity contribution < 1.29 is 5.11 Å². The Morgan fingerprint density at radius 3 is 2.78 bits per heavy atom. The molecule has 0 heterocycles. The zero-order valence-electron chi connectivity index (χ0n) is 10.8. The van der Waals surface area contributed by atoms with E-state index in [1.807, 2.05) is 25.1 Å². The van der Waals surface area contributed by atoms with Gasteiger partial charge in [-0.05, 0) is 49.3 Å². The van der Waals surface area contributed by atoms with Gasteiger partial charge in [0.25, 0.3) is 0 Å². The first kappa shape index (κ1) is 13.6. The topological polar surface area (TPSA) is 44.0 Å². The SMILES string of the molecule is Cc1ccc(C(O)C2(C#N)CCC(C)C2)c(Br)c1. The van der Waals surface area contributed by atoms with E-state index in [1.54, 1.807) is 0 Å². The molecular formula is C15H18BrNO. The maximum Gasteiger partial charge on any atom is 0.0987 e. The van der Waals surface area contributed by atoms with E-state index in [0.717, 1.165) is 34.9 Å². The first-order chi connectivity index (χ1) is 8.48. The molecule has 0 spiro atoms. The molecule has 1 aliphatic carbocycles. The molecule has 0 aromatic heterocycles. The summed E-state index contributed by atoms with van der Waals surface area (Å²) in [5, 5.41) is 20.1. The third kappa shape index (κ3) is 2.32. The third-order valence-electron chi connectivity index (χ3n) is 3.99. The quantitative estimate of drug-likeness (QED) is 0.893. The summed E-state index contributed by atoms with van der Waals surface area (Å²) >= 11 is 3.49. The average molecular weight is 308 g/mol. The van der Waals surface area contributed by atoms with E-state index in [-0.39, 0.29) is 0 Å². The Balaban J connectivity index is 2.36. The van der Waals surface area contributed by atoms with Gasteiger partial charge in [0.2, 0.25) is 0 Å². The predicted octanol–water partition coefficient (Wildman–Crippen LogP) is 4.12. The third-order valence-corrected chi connectivity index (χ3v) is 4.68. The molecule has 1 N–H and O–H groups in total. The minimum Gasteiger partial charge on any atom is -0.387 e. The largest absolute Gasteiger partial charge is 0.387 e. The summed E-state index contributed by atoms with van der Waals surface area (Å²) in [6.07, 6.45) is 1.88. The highest BCUT2D eigenvalue weighted by Crippen LogP contribution is 2.50. The van der Waals surface area contributed by atoms with Crippen LogP contribution in [0.5, 0.6) is 0 Å². The first-order valence-corrected chi connectivity index (χ1v) is 7.13. The van der Waals surface area contributed by atoms with Crippen LogP contribution in [0.25, 0.3) is 0 Å². The van der Waals surface area contributed by atoms with Gasteiger partial charge in [-0.25, -0.2) is 0 Å². The number of halogens is 1. The Kier molecular flexibility index (Phi) is 3.79. The van der Waals surface area contributed by atoms with Gasteiger partial charge in [0.15, 0.2) is 0 Å². The van der Waals surface area contributed by atoms with Crippen molar-refractivity contribution in [3.8, 4) is 6.07 Å². The lowest BCUT2D eigenvalue weighted by molar-refractivity contribution is 0.0641. The second kappa shape index (κ2) is 5.03. The van der Waals surface area contributed by atoms with Gasteiger partial charge in [-0.1, -0.05) is 35.0 Å². The molecule has 0 aliphatic heterocycles. The maximum absolute atomic E-state index is 10.6. The lowest BCUT2D eigenvalue weighted by atomic mass is 9.78. The van der Waals surface area contributed by atoms with Crippen LogP contribution >= 0.6 is 15.9 Å². The van der Waals surface area contributed by atoms with Gasteiger partial charge in [-0.15, -0.1) is 0 Å². The fourth-order valence-corrected chi connectivity index (χ4v) is 3.60. The Hall–Kier alpha value is -0.850. The normalized spacial score (nSPS) is 28.9. The molecule has 2 rings (SSSR count). The average Bonchev–Trinajstić information content (AvgIpc) is 2.71. The molecule has 1 aromatic rings. The molecule has 0 saturated heterocycles. The molecule has 3 unspecified atom stereocenters. The molecule has 96 valence electrons. The van der Waals surface area contributed by atoms with Crippen molar-refractivity contribution in [3.63, 3.8) is 0 Å². The van der Waals surface area contributed by atoms with E-state index in [2.05, 4.69) is 28.9 Å². The highest BCUT2D eigenvalue weighted by atomic mass is 79.9. The molecule has 18 heavy (non-hydrogen) atoms. The van der Waals surface area contributed by atoms with Crippen molar-refractivity contribution in [1.82, 2.24) is 0 Å².